The number of hydrogen-bond acceptors (Lipinski definition) is 6. The number of ether oxygens (including phenoxy) is 2. The Morgan fingerprint density at radius 3 is 1.95 bits per heavy atom. The second kappa shape index (κ2) is 7.49. The maximum Gasteiger partial charge on any atom is 0.435 e. The highest BCUT2D eigenvalue weighted by atomic mass is 32.1. The number of hydrogen-bond donors (Lipinski definition) is 2. The molecular formula is C12H22N2O5S. The molecule has 0 spiro atoms. The Morgan fingerprint density at radius 1 is 1.05 bits per heavy atom. The van der Waals surface area contributed by atoms with Crippen LogP contribution in [0.4, 0.5) is 9.59 Å². The summed E-state index contributed by atoms with van der Waals surface area (Å²) in [4.78, 5) is 26.7. The van der Waals surface area contributed by atoms with Crippen LogP contribution in [0.1, 0.15) is 41.5 Å². The molecule has 0 aromatic carbocycles. The van der Waals surface area contributed by atoms with E-state index in [1.807, 2.05) is 0 Å². The van der Waals surface area contributed by atoms with E-state index in [1.54, 1.807) is 41.5 Å². The standard InChI is InChI=1S/C12H22N2O5S/c1-11(2,3)18-9(15)13-8(7-17-20)14-10(16)19-12(4,5)6/h20H,7H2,1-6H3,(H,13,14,15,16). The summed E-state index contributed by atoms with van der Waals surface area (Å²) in [6.45, 7) is 10.1. The largest absolute Gasteiger partial charge is 0.444 e. The molecule has 0 aliphatic rings. The van der Waals surface area contributed by atoms with Crippen molar-refractivity contribution < 1.29 is 23.2 Å². The molecule has 0 rings (SSSR count). The second-order valence-corrected chi connectivity index (χ2v) is 6.20. The third kappa shape index (κ3) is 10.6. The van der Waals surface area contributed by atoms with Crippen LogP contribution in [-0.2, 0) is 13.7 Å². The number of amidine groups is 1. The highest BCUT2D eigenvalue weighted by Gasteiger charge is 2.20. The SMILES string of the molecule is CC(C)(C)OC(=O)/N=C(/COS)NC(=O)OC(C)(C)C. The highest BCUT2D eigenvalue weighted by molar-refractivity contribution is 7.75. The van der Waals surface area contributed by atoms with Gasteiger partial charge in [0.05, 0.1) is 0 Å². The van der Waals surface area contributed by atoms with Gasteiger partial charge >= 0.3 is 12.2 Å². The summed E-state index contributed by atoms with van der Waals surface area (Å²) in [6, 6.07) is 0. The monoisotopic (exact) mass is 306 g/mol. The van der Waals surface area contributed by atoms with Crippen LogP contribution in [0, 0.1) is 0 Å². The molecule has 2 amide bonds. The van der Waals surface area contributed by atoms with Gasteiger partial charge in [-0.15, -0.1) is 0 Å². The van der Waals surface area contributed by atoms with E-state index in [2.05, 4.69) is 27.4 Å². The van der Waals surface area contributed by atoms with E-state index in [1.165, 1.54) is 0 Å². The number of alkyl carbamates (subject to hydrolysis) is 1. The molecular weight excluding hydrogens is 284 g/mol. The predicted molar refractivity (Wildman–Crippen MR) is 78.0 cm³/mol. The van der Waals surface area contributed by atoms with E-state index in [4.69, 9.17) is 9.47 Å². The number of nitrogens with zero attached hydrogens (tertiary/aromatic N) is 1. The van der Waals surface area contributed by atoms with Crippen LogP contribution < -0.4 is 5.32 Å². The lowest BCUT2D eigenvalue weighted by atomic mass is 10.2. The Morgan fingerprint density at radius 2 is 1.55 bits per heavy atom. The van der Waals surface area contributed by atoms with E-state index in [9.17, 15) is 9.59 Å². The fourth-order valence-corrected chi connectivity index (χ4v) is 1.10. The van der Waals surface area contributed by atoms with Gasteiger partial charge in [0.1, 0.15) is 23.6 Å². The molecule has 8 heteroatoms. The van der Waals surface area contributed by atoms with Crippen LogP contribution in [0.5, 0.6) is 0 Å². The van der Waals surface area contributed by atoms with E-state index >= 15 is 0 Å². The molecule has 7 nitrogen and oxygen atoms in total. The lowest BCUT2D eigenvalue weighted by Gasteiger charge is -2.20. The van der Waals surface area contributed by atoms with Gasteiger partial charge in [0.15, 0.2) is 0 Å². The summed E-state index contributed by atoms with van der Waals surface area (Å²) in [5, 5.41) is 2.31. The number of rotatable bonds is 2. The van der Waals surface area contributed by atoms with Crippen molar-refractivity contribution in [1.29, 1.82) is 0 Å². The lowest BCUT2D eigenvalue weighted by molar-refractivity contribution is 0.0560. The first-order valence-corrected chi connectivity index (χ1v) is 6.36. The van der Waals surface area contributed by atoms with E-state index in [0.717, 1.165) is 0 Å². The fraction of sp³-hybridized carbons (Fsp3) is 0.750. The van der Waals surface area contributed by atoms with Crippen LogP contribution in [0.25, 0.3) is 0 Å². The molecule has 0 unspecified atom stereocenters. The van der Waals surface area contributed by atoms with Gasteiger partial charge in [-0.05, 0) is 54.5 Å². The molecule has 0 aliphatic carbocycles. The van der Waals surface area contributed by atoms with Crippen molar-refractivity contribution in [2.75, 3.05) is 6.61 Å². The predicted octanol–water partition coefficient (Wildman–Crippen LogP) is 2.71. The molecule has 0 atom stereocenters. The van der Waals surface area contributed by atoms with E-state index in [0.29, 0.717) is 0 Å². The first-order valence-electron chi connectivity index (χ1n) is 6.00. The summed E-state index contributed by atoms with van der Waals surface area (Å²) in [7, 11) is 0. The minimum Gasteiger partial charge on any atom is -0.444 e. The first kappa shape index (κ1) is 18.7. The molecule has 0 saturated carbocycles. The number of nitrogens with one attached hydrogen (secondary N) is 1. The van der Waals surface area contributed by atoms with Crippen LogP contribution in [-0.4, -0.2) is 35.8 Å². The summed E-state index contributed by atoms with van der Waals surface area (Å²) in [6.07, 6.45) is -1.58. The zero-order valence-corrected chi connectivity index (χ0v) is 13.5. The normalized spacial score (nSPS) is 12.8. The molecule has 0 aromatic rings. The fourth-order valence-electron chi connectivity index (χ4n) is 0.974. The van der Waals surface area contributed by atoms with Crippen molar-refractivity contribution in [3.63, 3.8) is 0 Å². The van der Waals surface area contributed by atoms with Crippen LogP contribution in [0.15, 0.2) is 4.99 Å². The summed E-state index contributed by atoms with van der Waals surface area (Å²) < 4.78 is 14.6. The van der Waals surface area contributed by atoms with Gasteiger partial charge < -0.3 is 13.7 Å². The lowest BCUT2D eigenvalue weighted by Crippen LogP contribution is -2.38. The van der Waals surface area contributed by atoms with Gasteiger partial charge in [0.25, 0.3) is 0 Å². The van der Waals surface area contributed by atoms with Gasteiger partial charge in [-0.25, -0.2) is 9.59 Å². The number of aliphatic imine (C=N–C) groups is 1. The Labute approximate surface area is 124 Å². The molecule has 0 aliphatic heterocycles. The molecule has 1 N–H and O–H groups in total. The first-order chi connectivity index (χ1) is 8.93. The molecule has 0 heterocycles. The molecule has 0 aromatic heterocycles. The van der Waals surface area contributed by atoms with Gasteiger partial charge in [-0.3, -0.25) is 5.32 Å². The smallest absolute Gasteiger partial charge is 0.435 e. The zero-order chi connectivity index (χ0) is 16.0. The Balaban J connectivity index is 4.72. The molecule has 0 bridgehead atoms. The van der Waals surface area contributed by atoms with Gasteiger partial charge in [0, 0.05) is 0 Å². The third-order valence-corrected chi connectivity index (χ3v) is 1.60. The Hall–Kier alpha value is -1.28. The quantitative estimate of drug-likeness (QED) is 0.354. The summed E-state index contributed by atoms with van der Waals surface area (Å²) in [5.74, 6) is -0.0523. The van der Waals surface area contributed by atoms with Crippen LogP contribution in [0.3, 0.4) is 0 Å². The number of amides is 2. The topological polar surface area (TPSA) is 86.2 Å². The Bertz CT molecular complexity index is 382. The van der Waals surface area contributed by atoms with Crippen LogP contribution >= 0.6 is 12.9 Å². The van der Waals surface area contributed by atoms with Gasteiger partial charge in [0.2, 0.25) is 0 Å². The van der Waals surface area contributed by atoms with Crippen LogP contribution in [0.2, 0.25) is 0 Å². The molecule has 20 heavy (non-hydrogen) atoms. The van der Waals surface area contributed by atoms with Crippen molar-refractivity contribution in [3.8, 4) is 0 Å². The summed E-state index contributed by atoms with van der Waals surface area (Å²) in [5.41, 5.74) is -1.34. The van der Waals surface area contributed by atoms with Crippen molar-refractivity contribution in [2.45, 2.75) is 52.7 Å². The van der Waals surface area contributed by atoms with Gasteiger partial charge in [-0.1, -0.05) is 0 Å². The Kier molecular flexibility index (Phi) is 7.01. The van der Waals surface area contributed by atoms with E-state index < -0.39 is 23.4 Å². The maximum absolute atomic E-state index is 11.6. The number of carbonyl (C=O) groups is 2. The van der Waals surface area contributed by atoms with Gasteiger partial charge in [-0.2, -0.15) is 4.99 Å². The van der Waals surface area contributed by atoms with E-state index in [-0.39, 0.29) is 12.4 Å². The molecule has 116 valence electrons. The molecule has 0 fully saturated rings. The highest BCUT2D eigenvalue weighted by Crippen LogP contribution is 2.09. The third-order valence-electron chi connectivity index (χ3n) is 1.47. The number of carbonyl (C=O) groups excluding carboxylic acids is 2. The average molecular weight is 306 g/mol. The second-order valence-electron chi connectivity index (χ2n) is 5.94. The van der Waals surface area contributed by atoms with Crippen molar-refractivity contribution in [3.05, 3.63) is 0 Å². The zero-order valence-electron chi connectivity index (χ0n) is 12.6. The average Bonchev–Trinajstić information content (AvgIpc) is 2.10. The minimum absolute atomic E-state index is 0.0523. The minimum atomic E-state index is -0.839. The number of thiol groups is 1. The molecule has 0 radical (unpaired) electrons. The summed E-state index contributed by atoms with van der Waals surface area (Å²) >= 11 is 3.55. The van der Waals surface area contributed by atoms with Crippen molar-refractivity contribution >= 4 is 30.9 Å². The van der Waals surface area contributed by atoms with Crippen molar-refractivity contribution in [1.82, 2.24) is 5.32 Å². The van der Waals surface area contributed by atoms with Crippen molar-refractivity contribution in [2.24, 2.45) is 4.99 Å². The maximum atomic E-state index is 11.6. The molecule has 0 saturated heterocycles.